The number of rotatable bonds is 5. The predicted octanol–water partition coefficient (Wildman–Crippen LogP) is 1.28. The van der Waals surface area contributed by atoms with Gasteiger partial charge in [0.2, 0.25) is 10.0 Å². The summed E-state index contributed by atoms with van der Waals surface area (Å²) < 4.78 is 36.3. The molecule has 1 N–H and O–H groups in total. The minimum atomic E-state index is -3.65. The van der Waals surface area contributed by atoms with E-state index in [0.717, 1.165) is 24.4 Å². The Morgan fingerprint density at radius 2 is 1.96 bits per heavy atom. The van der Waals surface area contributed by atoms with Gasteiger partial charge in [-0.1, -0.05) is 9.64 Å². The molecule has 1 amide bonds. The van der Waals surface area contributed by atoms with E-state index in [9.17, 15) is 13.2 Å². The number of sulfonamides is 1. The lowest BCUT2D eigenvalue weighted by atomic mass is 9.97. The smallest absolute Gasteiger partial charge is 0.267 e. The second-order valence-corrected chi connectivity index (χ2v) is 8.89. The lowest BCUT2D eigenvalue weighted by Crippen LogP contribution is -2.41. The second kappa shape index (κ2) is 7.41. The Kier molecular flexibility index (Phi) is 5.39. The van der Waals surface area contributed by atoms with Crippen molar-refractivity contribution in [2.75, 3.05) is 19.6 Å². The number of carbonyl (C=O) groups excluding carboxylic acids is 1. The Hall–Kier alpha value is -1.85. The van der Waals surface area contributed by atoms with Crippen LogP contribution in [0.2, 0.25) is 0 Å². The van der Waals surface area contributed by atoms with Crippen molar-refractivity contribution in [3.05, 3.63) is 22.0 Å². The maximum atomic E-state index is 12.5. The van der Waals surface area contributed by atoms with E-state index in [1.54, 1.807) is 25.7 Å². The molecule has 0 spiro atoms. The molecule has 2 aromatic heterocycles. The van der Waals surface area contributed by atoms with E-state index < -0.39 is 10.0 Å². The molecule has 1 saturated heterocycles. The van der Waals surface area contributed by atoms with Crippen molar-refractivity contribution in [2.24, 2.45) is 5.92 Å². The quantitative estimate of drug-likeness (QED) is 0.804. The summed E-state index contributed by atoms with van der Waals surface area (Å²) in [5, 5.41) is 7.56. The molecular formula is C15H21N5O4S2. The van der Waals surface area contributed by atoms with E-state index in [2.05, 4.69) is 19.5 Å². The van der Waals surface area contributed by atoms with Crippen molar-refractivity contribution in [1.82, 2.24) is 24.4 Å². The SMILES string of the molecule is Cc1nnsc1C(=O)N1CCC(CNS(=O)(=O)c2c(C)noc2C)CC1. The highest BCUT2D eigenvalue weighted by molar-refractivity contribution is 7.89. The molecule has 0 radical (unpaired) electrons. The number of carbonyl (C=O) groups is 1. The zero-order valence-corrected chi connectivity index (χ0v) is 16.5. The van der Waals surface area contributed by atoms with Gasteiger partial charge in [0.05, 0.1) is 5.69 Å². The highest BCUT2D eigenvalue weighted by Gasteiger charge is 2.28. The molecule has 0 saturated carbocycles. The zero-order valence-electron chi connectivity index (χ0n) is 14.9. The van der Waals surface area contributed by atoms with Gasteiger partial charge < -0.3 is 9.42 Å². The Morgan fingerprint density at radius 1 is 1.27 bits per heavy atom. The van der Waals surface area contributed by atoms with Crippen molar-refractivity contribution >= 4 is 27.5 Å². The number of hydrogen-bond donors (Lipinski definition) is 1. The van der Waals surface area contributed by atoms with Crippen LogP contribution in [0.4, 0.5) is 0 Å². The van der Waals surface area contributed by atoms with Crippen molar-refractivity contribution in [2.45, 2.75) is 38.5 Å². The van der Waals surface area contributed by atoms with Gasteiger partial charge in [0.1, 0.15) is 15.5 Å². The summed E-state index contributed by atoms with van der Waals surface area (Å²) in [7, 11) is -3.65. The molecule has 0 unspecified atom stereocenters. The van der Waals surface area contributed by atoms with Gasteiger partial charge in [-0.15, -0.1) is 5.10 Å². The Morgan fingerprint density at radius 3 is 2.50 bits per heavy atom. The average molecular weight is 399 g/mol. The second-order valence-electron chi connectivity index (χ2n) is 6.43. The third kappa shape index (κ3) is 3.79. The molecular weight excluding hydrogens is 378 g/mol. The minimum absolute atomic E-state index is 0.0488. The summed E-state index contributed by atoms with van der Waals surface area (Å²) in [4.78, 5) is 14.9. The summed E-state index contributed by atoms with van der Waals surface area (Å²) in [5.41, 5.74) is 0.998. The van der Waals surface area contributed by atoms with Gasteiger partial charge in [-0.3, -0.25) is 4.79 Å². The summed E-state index contributed by atoms with van der Waals surface area (Å²) in [5.74, 6) is 0.409. The minimum Gasteiger partial charge on any atom is -0.360 e. The van der Waals surface area contributed by atoms with Crippen molar-refractivity contribution in [3.8, 4) is 0 Å². The summed E-state index contributed by atoms with van der Waals surface area (Å²) in [6, 6.07) is 0. The van der Waals surface area contributed by atoms with Gasteiger partial charge in [0.15, 0.2) is 5.76 Å². The molecule has 26 heavy (non-hydrogen) atoms. The normalized spacial score (nSPS) is 16.2. The third-order valence-electron chi connectivity index (χ3n) is 4.55. The van der Waals surface area contributed by atoms with Crippen LogP contribution in [0.3, 0.4) is 0 Å². The standard InChI is InChI=1S/C15H21N5O4S2/c1-9-13(25-19-17-9)15(21)20-6-4-12(5-7-20)8-16-26(22,23)14-10(2)18-24-11(14)3/h12,16H,4-8H2,1-3H3. The molecule has 9 nitrogen and oxygen atoms in total. The number of nitrogens with zero attached hydrogens (tertiary/aromatic N) is 4. The van der Waals surface area contributed by atoms with E-state index in [1.165, 1.54) is 0 Å². The topological polar surface area (TPSA) is 118 Å². The van der Waals surface area contributed by atoms with Gasteiger partial charge in [0, 0.05) is 19.6 Å². The maximum Gasteiger partial charge on any atom is 0.267 e. The van der Waals surface area contributed by atoms with Gasteiger partial charge >= 0.3 is 0 Å². The first-order valence-electron chi connectivity index (χ1n) is 8.30. The van der Waals surface area contributed by atoms with E-state index in [-0.39, 0.29) is 22.5 Å². The van der Waals surface area contributed by atoms with E-state index in [1.807, 2.05) is 0 Å². The first-order valence-corrected chi connectivity index (χ1v) is 10.6. The van der Waals surface area contributed by atoms with Gasteiger partial charge in [-0.25, -0.2) is 13.1 Å². The molecule has 3 rings (SSSR count). The van der Waals surface area contributed by atoms with Gasteiger partial charge in [-0.2, -0.15) is 0 Å². The Balaban J connectivity index is 1.55. The first kappa shape index (κ1) is 18.9. The predicted molar refractivity (Wildman–Crippen MR) is 94.4 cm³/mol. The van der Waals surface area contributed by atoms with Gasteiger partial charge in [0.25, 0.3) is 5.91 Å². The van der Waals surface area contributed by atoms with Crippen LogP contribution in [0.1, 0.15) is 39.7 Å². The van der Waals surface area contributed by atoms with Crippen LogP contribution in [-0.4, -0.2) is 53.6 Å². The molecule has 1 fully saturated rings. The molecule has 0 aromatic carbocycles. The largest absolute Gasteiger partial charge is 0.360 e. The molecule has 0 bridgehead atoms. The lowest BCUT2D eigenvalue weighted by Gasteiger charge is -2.31. The number of piperidine rings is 1. The molecule has 3 heterocycles. The third-order valence-corrected chi connectivity index (χ3v) is 7.03. The van der Waals surface area contributed by atoms with Crippen LogP contribution in [-0.2, 0) is 10.0 Å². The van der Waals surface area contributed by atoms with Crippen molar-refractivity contribution in [1.29, 1.82) is 0 Å². The number of aryl methyl sites for hydroxylation is 3. The highest BCUT2D eigenvalue weighted by atomic mass is 32.2. The zero-order chi connectivity index (χ0) is 18.9. The molecule has 2 aromatic rings. The van der Waals surface area contributed by atoms with Crippen LogP contribution in [0.25, 0.3) is 0 Å². The Labute approximate surface area is 156 Å². The molecule has 11 heteroatoms. The molecule has 0 atom stereocenters. The summed E-state index contributed by atoms with van der Waals surface area (Å²) >= 11 is 1.11. The molecule has 0 aliphatic carbocycles. The van der Waals surface area contributed by atoms with Crippen LogP contribution >= 0.6 is 11.5 Å². The number of hydrogen-bond acceptors (Lipinski definition) is 8. The fourth-order valence-electron chi connectivity index (χ4n) is 3.07. The van der Waals surface area contributed by atoms with E-state index in [0.29, 0.717) is 35.9 Å². The maximum absolute atomic E-state index is 12.5. The van der Waals surface area contributed by atoms with Crippen LogP contribution < -0.4 is 4.72 Å². The van der Waals surface area contributed by atoms with Crippen molar-refractivity contribution in [3.63, 3.8) is 0 Å². The number of likely N-dealkylation sites (tertiary alicyclic amines) is 1. The fraction of sp³-hybridized carbons (Fsp3) is 0.600. The van der Waals surface area contributed by atoms with Crippen LogP contribution in [0, 0.1) is 26.7 Å². The van der Waals surface area contributed by atoms with E-state index >= 15 is 0 Å². The lowest BCUT2D eigenvalue weighted by molar-refractivity contribution is 0.0696. The van der Waals surface area contributed by atoms with Crippen molar-refractivity contribution < 1.29 is 17.7 Å². The monoisotopic (exact) mass is 399 g/mol. The van der Waals surface area contributed by atoms with E-state index in [4.69, 9.17) is 4.52 Å². The number of nitrogens with one attached hydrogen (secondary N) is 1. The molecule has 1 aliphatic heterocycles. The molecule has 142 valence electrons. The number of amides is 1. The first-order chi connectivity index (χ1) is 12.3. The van der Waals surface area contributed by atoms with Crippen LogP contribution in [0.15, 0.2) is 9.42 Å². The Bertz CT molecular complexity index is 878. The van der Waals surface area contributed by atoms with Gasteiger partial charge in [-0.05, 0) is 51.1 Å². The molecule has 1 aliphatic rings. The average Bonchev–Trinajstić information content (AvgIpc) is 3.18. The van der Waals surface area contributed by atoms with Crippen LogP contribution in [0.5, 0.6) is 0 Å². The highest BCUT2D eigenvalue weighted by Crippen LogP contribution is 2.22. The fourth-order valence-corrected chi connectivity index (χ4v) is 5.14. The summed E-state index contributed by atoms with van der Waals surface area (Å²) in [6.45, 7) is 6.46. The summed E-state index contributed by atoms with van der Waals surface area (Å²) in [6.07, 6.45) is 1.47. The number of aromatic nitrogens is 3.